The number of rotatable bonds is 8. The van der Waals surface area contributed by atoms with Crippen LogP contribution in [0.25, 0.3) is 0 Å². The minimum atomic E-state index is 0.0475. The van der Waals surface area contributed by atoms with Crippen LogP contribution in [0.3, 0.4) is 0 Å². The van der Waals surface area contributed by atoms with Crippen molar-refractivity contribution in [1.29, 1.82) is 0 Å². The highest BCUT2D eigenvalue weighted by Crippen LogP contribution is 2.29. The minimum absolute atomic E-state index is 0.0475. The Labute approximate surface area is 178 Å². The first-order valence-corrected chi connectivity index (χ1v) is 10.8. The first-order chi connectivity index (χ1) is 14.7. The van der Waals surface area contributed by atoms with Gasteiger partial charge < -0.3 is 9.47 Å². The SMILES string of the molecule is COCCOc1ncc2c(n1)N(Cc1cccc(CN3CCCCCC3)c1)C(=O)C2. The average Bonchev–Trinajstić information content (AvgIpc) is 2.91. The summed E-state index contributed by atoms with van der Waals surface area (Å²) in [4.78, 5) is 25.6. The van der Waals surface area contributed by atoms with E-state index in [0.717, 1.165) is 17.7 Å². The van der Waals surface area contributed by atoms with E-state index in [1.165, 1.54) is 44.3 Å². The molecule has 160 valence electrons. The predicted molar refractivity (Wildman–Crippen MR) is 114 cm³/mol. The van der Waals surface area contributed by atoms with E-state index in [9.17, 15) is 4.79 Å². The van der Waals surface area contributed by atoms with Crippen molar-refractivity contribution in [1.82, 2.24) is 14.9 Å². The normalized spacial score (nSPS) is 17.1. The van der Waals surface area contributed by atoms with Gasteiger partial charge in [-0.3, -0.25) is 14.6 Å². The maximum absolute atomic E-state index is 12.6. The van der Waals surface area contributed by atoms with Crippen LogP contribution in [0, 0.1) is 0 Å². The molecule has 3 heterocycles. The molecule has 4 rings (SSSR count). The monoisotopic (exact) mass is 410 g/mol. The van der Waals surface area contributed by atoms with Gasteiger partial charge in [0.2, 0.25) is 5.91 Å². The van der Waals surface area contributed by atoms with Crippen molar-refractivity contribution >= 4 is 11.7 Å². The molecule has 0 N–H and O–H groups in total. The molecule has 2 aliphatic heterocycles. The third-order valence-electron chi connectivity index (χ3n) is 5.67. The molecule has 7 heteroatoms. The molecule has 0 spiro atoms. The molecule has 0 atom stereocenters. The molecule has 1 saturated heterocycles. The quantitative estimate of drug-likeness (QED) is 0.624. The molecule has 2 aliphatic rings. The Hall–Kier alpha value is -2.51. The van der Waals surface area contributed by atoms with Gasteiger partial charge in [0.25, 0.3) is 0 Å². The smallest absolute Gasteiger partial charge is 0.318 e. The lowest BCUT2D eigenvalue weighted by molar-refractivity contribution is -0.117. The third kappa shape index (κ3) is 5.15. The molecule has 1 fully saturated rings. The Kier molecular flexibility index (Phi) is 6.92. The van der Waals surface area contributed by atoms with Crippen molar-refractivity contribution in [2.45, 2.75) is 45.2 Å². The van der Waals surface area contributed by atoms with Crippen molar-refractivity contribution in [3.8, 4) is 6.01 Å². The van der Waals surface area contributed by atoms with Gasteiger partial charge in [-0.2, -0.15) is 4.98 Å². The van der Waals surface area contributed by atoms with Crippen LogP contribution < -0.4 is 9.64 Å². The van der Waals surface area contributed by atoms with Crippen molar-refractivity contribution in [2.24, 2.45) is 0 Å². The zero-order valence-electron chi connectivity index (χ0n) is 17.7. The number of nitrogens with zero attached hydrogens (tertiary/aromatic N) is 4. The first-order valence-electron chi connectivity index (χ1n) is 10.8. The van der Waals surface area contributed by atoms with Gasteiger partial charge in [0.05, 0.1) is 19.6 Å². The van der Waals surface area contributed by atoms with Crippen molar-refractivity contribution in [3.05, 3.63) is 47.2 Å². The Balaban J connectivity index is 1.45. The fraction of sp³-hybridized carbons (Fsp3) is 0.522. The Morgan fingerprint density at radius 3 is 2.57 bits per heavy atom. The number of methoxy groups -OCH3 is 1. The van der Waals surface area contributed by atoms with E-state index >= 15 is 0 Å². The van der Waals surface area contributed by atoms with Crippen molar-refractivity contribution in [2.75, 3.05) is 38.3 Å². The van der Waals surface area contributed by atoms with E-state index in [-0.39, 0.29) is 11.9 Å². The van der Waals surface area contributed by atoms with Crippen LogP contribution in [-0.4, -0.2) is 54.2 Å². The number of likely N-dealkylation sites (tertiary alicyclic amines) is 1. The third-order valence-corrected chi connectivity index (χ3v) is 5.67. The summed E-state index contributed by atoms with van der Waals surface area (Å²) in [5.41, 5.74) is 3.26. The summed E-state index contributed by atoms with van der Waals surface area (Å²) in [6.07, 6.45) is 7.28. The highest BCUT2D eigenvalue weighted by molar-refractivity contribution is 6.00. The molecule has 0 bridgehead atoms. The summed E-state index contributed by atoms with van der Waals surface area (Å²) in [6, 6.07) is 8.84. The lowest BCUT2D eigenvalue weighted by atomic mass is 10.1. The van der Waals surface area contributed by atoms with Gasteiger partial charge in [0, 0.05) is 25.4 Å². The van der Waals surface area contributed by atoms with E-state index in [1.54, 1.807) is 18.2 Å². The second-order valence-electron chi connectivity index (χ2n) is 8.01. The second kappa shape index (κ2) is 10.00. The summed E-state index contributed by atoms with van der Waals surface area (Å²) in [6.45, 7) is 4.66. The number of carbonyl (C=O) groups is 1. The van der Waals surface area contributed by atoms with E-state index in [4.69, 9.17) is 9.47 Å². The fourth-order valence-electron chi connectivity index (χ4n) is 4.13. The van der Waals surface area contributed by atoms with Crippen LogP contribution in [0.1, 0.15) is 42.4 Å². The number of aromatic nitrogens is 2. The molecule has 1 aromatic carbocycles. The van der Waals surface area contributed by atoms with E-state index in [0.29, 0.717) is 32.0 Å². The molecule has 7 nitrogen and oxygen atoms in total. The summed E-state index contributed by atoms with van der Waals surface area (Å²) < 4.78 is 10.5. The average molecular weight is 411 g/mol. The Morgan fingerprint density at radius 1 is 1.03 bits per heavy atom. The summed E-state index contributed by atoms with van der Waals surface area (Å²) in [5, 5.41) is 0. The summed E-state index contributed by atoms with van der Waals surface area (Å²) >= 11 is 0. The lowest BCUT2D eigenvalue weighted by Crippen LogP contribution is -2.27. The number of carbonyl (C=O) groups excluding carboxylic acids is 1. The minimum Gasteiger partial charge on any atom is -0.461 e. The van der Waals surface area contributed by atoms with E-state index in [2.05, 4.69) is 39.1 Å². The standard InChI is InChI=1S/C23H30N4O3/c1-29-11-12-30-23-24-15-20-14-21(28)27(22(20)25-23)17-19-8-6-7-18(13-19)16-26-9-4-2-3-5-10-26/h6-8,13,15H,2-5,9-12,14,16-17H2,1H3. The largest absolute Gasteiger partial charge is 0.461 e. The molecule has 2 aromatic rings. The zero-order valence-corrected chi connectivity index (χ0v) is 17.7. The number of hydrogen-bond acceptors (Lipinski definition) is 6. The number of benzene rings is 1. The molecule has 0 unspecified atom stereocenters. The molecular formula is C23H30N4O3. The summed E-state index contributed by atoms with van der Waals surface area (Å²) in [7, 11) is 1.62. The molecule has 30 heavy (non-hydrogen) atoms. The first kappa shape index (κ1) is 20.8. The van der Waals surface area contributed by atoms with E-state index in [1.807, 2.05) is 0 Å². The lowest BCUT2D eigenvalue weighted by Gasteiger charge is -2.21. The molecule has 1 aromatic heterocycles. The molecule has 0 aliphatic carbocycles. The van der Waals surface area contributed by atoms with Gasteiger partial charge in [-0.25, -0.2) is 4.98 Å². The van der Waals surface area contributed by atoms with Gasteiger partial charge in [0.1, 0.15) is 12.4 Å². The number of fused-ring (bicyclic) bond motifs is 1. The highest BCUT2D eigenvalue weighted by atomic mass is 16.5. The number of amides is 1. The fourth-order valence-corrected chi connectivity index (χ4v) is 4.13. The molecule has 0 radical (unpaired) electrons. The second-order valence-corrected chi connectivity index (χ2v) is 8.01. The van der Waals surface area contributed by atoms with Crippen molar-refractivity contribution in [3.63, 3.8) is 0 Å². The van der Waals surface area contributed by atoms with Crippen LogP contribution in [0.4, 0.5) is 5.82 Å². The van der Waals surface area contributed by atoms with Gasteiger partial charge in [-0.15, -0.1) is 0 Å². The topological polar surface area (TPSA) is 67.8 Å². The maximum Gasteiger partial charge on any atom is 0.318 e. The number of hydrogen-bond donors (Lipinski definition) is 0. The molecule has 1 amide bonds. The predicted octanol–water partition coefficient (Wildman–Crippen LogP) is 2.97. The Bertz CT molecular complexity index is 865. The van der Waals surface area contributed by atoms with Crippen LogP contribution >= 0.6 is 0 Å². The van der Waals surface area contributed by atoms with Gasteiger partial charge in [-0.1, -0.05) is 37.1 Å². The number of anilines is 1. The van der Waals surface area contributed by atoms with Crippen LogP contribution in [-0.2, 0) is 29.0 Å². The van der Waals surface area contributed by atoms with Crippen LogP contribution in [0.15, 0.2) is 30.5 Å². The van der Waals surface area contributed by atoms with E-state index < -0.39 is 0 Å². The van der Waals surface area contributed by atoms with Crippen LogP contribution in [0.2, 0.25) is 0 Å². The van der Waals surface area contributed by atoms with Crippen LogP contribution in [0.5, 0.6) is 6.01 Å². The van der Waals surface area contributed by atoms with Gasteiger partial charge in [0.15, 0.2) is 0 Å². The zero-order chi connectivity index (χ0) is 20.8. The van der Waals surface area contributed by atoms with Gasteiger partial charge in [-0.05, 0) is 37.1 Å². The van der Waals surface area contributed by atoms with Gasteiger partial charge >= 0.3 is 6.01 Å². The maximum atomic E-state index is 12.6. The number of ether oxygens (including phenoxy) is 2. The molecular weight excluding hydrogens is 380 g/mol. The van der Waals surface area contributed by atoms with Crippen molar-refractivity contribution < 1.29 is 14.3 Å². The molecule has 0 saturated carbocycles. The summed E-state index contributed by atoms with van der Waals surface area (Å²) in [5.74, 6) is 0.701. The highest BCUT2D eigenvalue weighted by Gasteiger charge is 2.30. The Morgan fingerprint density at radius 2 is 1.80 bits per heavy atom.